The van der Waals surface area contributed by atoms with E-state index in [4.69, 9.17) is 42.6 Å². The van der Waals surface area contributed by atoms with Crippen LogP contribution in [0.5, 0.6) is 0 Å². The fraction of sp³-hybridized carbons (Fsp3) is 0.733. The Balaban J connectivity index is 0.994. The molecule has 2 aliphatic heterocycles. The molecule has 0 bridgehead atoms. The first-order chi connectivity index (χ1) is 30.8. The first-order valence-electron chi connectivity index (χ1n) is 22.8. The fourth-order valence-corrected chi connectivity index (χ4v) is 6.65. The lowest BCUT2D eigenvalue weighted by atomic mass is 10.0. The molecule has 1 unspecified atom stereocenters. The highest BCUT2D eigenvalue weighted by Gasteiger charge is 2.45. The van der Waals surface area contributed by atoms with Crippen LogP contribution in [0.15, 0.2) is 18.2 Å². The molecule has 1 saturated heterocycles. The maximum atomic E-state index is 13.2. The molecule has 18 nitrogen and oxygen atoms in total. The summed E-state index contributed by atoms with van der Waals surface area (Å²) in [6.45, 7) is 9.70. The van der Waals surface area contributed by atoms with Gasteiger partial charge >= 0.3 is 5.97 Å². The van der Waals surface area contributed by atoms with Gasteiger partial charge in [-0.1, -0.05) is 57.9 Å². The van der Waals surface area contributed by atoms with Crippen LogP contribution in [0.4, 0.5) is 5.69 Å². The molecule has 18 heteroatoms. The van der Waals surface area contributed by atoms with Gasteiger partial charge in [-0.25, -0.2) is 0 Å². The average Bonchev–Trinajstić information content (AvgIpc) is 3.52. The second-order valence-electron chi connectivity index (χ2n) is 15.0. The molecule has 0 aromatic heterocycles. The number of amides is 5. The summed E-state index contributed by atoms with van der Waals surface area (Å²) >= 11 is 0. The number of imide groups is 2. The Kier molecular flexibility index (Phi) is 29.3. The van der Waals surface area contributed by atoms with Crippen molar-refractivity contribution in [3.8, 4) is 0 Å². The van der Waals surface area contributed by atoms with Crippen molar-refractivity contribution in [2.75, 3.05) is 118 Å². The highest BCUT2D eigenvalue weighted by atomic mass is 16.6. The predicted octanol–water partition coefficient (Wildman–Crippen LogP) is 4.40. The summed E-state index contributed by atoms with van der Waals surface area (Å²) in [6.07, 6.45) is 11.1. The molecule has 2 N–H and O–H groups in total. The van der Waals surface area contributed by atoms with Crippen LogP contribution in [0.25, 0.3) is 0 Å². The summed E-state index contributed by atoms with van der Waals surface area (Å²) in [5.74, 6) is -2.88. The predicted molar refractivity (Wildman–Crippen MR) is 230 cm³/mol. The minimum Gasteiger partial charge on any atom is -0.463 e. The molecule has 1 atom stereocenters. The topological polar surface area (TPSA) is 213 Å². The Bertz CT molecular complexity index is 1500. The maximum Gasteiger partial charge on any atom is 0.305 e. The van der Waals surface area contributed by atoms with Crippen LogP contribution in [0, 0.1) is 0 Å². The number of benzene rings is 1. The molecule has 63 heavy (non-hydrogen) atoms. The molecule has 2 aliphatic rings. The quantitative estimate of drug-likeness (QED) is 0.0531. The van der Waals surface area contributed by atoms with Gasteiger partial charge in [0.05, 0.1) is 116 Å². The molecule has 5 amide bonds. The van der Waals surface area contributed by atoms with Gasteiger partial charge in [0.15, 0.2) is 0 Å². The molecule has 3 rings (SSSR count). The minimum absolute atomic E-state index is 0.0266. The summed E-state index contributed by atoms with van der Waals surface area (Å²) in [5, 5.41) is 4.91. The zero-order valence-electron chi connectivity index (χ0n) is 37.3. The first-order valence-corrected chi connectivity index (χ1v) is 22.8. The van der Waals surface area contributed by atoms with Crippen molar-refractivity contribution in [2.45, 2.75) is 103 Å². The largest absolute Gasteiger partial charge is 0.463 e. The molecule has 0 spiro atoms. The standard InChI is InChI=1S/C45H71N3O15/c1-2-3-4-5-6-7-10-16-41(51)63-35-34-62-33-32-61-31-30-60-29-28-59-27-26-58-25-24-57-23-22-56-21-20-55-19-11-8-9-15-39(49)46-37-14-12-13-36-42(37)45(54)48(44(36)53)38-17-18-40(50)47-43(38)52/h12-14,38H,2-11,15-35H2,1H3,(H,46,49)(H,47,50,52). The molecule has 1 fully saturated rings. The summed E-state index contributed by atoms with van der Waals surface area (Å²) in [6, 6.07) is 3.53. The third-order valence-corrected chi connectivity index (χ3v) is 10.0. The summed E-state index contributed by atoms with van der Waals surface area (Å²) in [5.41, 5.74) is 0.377. The van der Waals surface area contributed by atoms with E-state index in [1.165, 1.54) is 38.2 Å². The number of hydrogen-bond acceptors (Lipinski definition) is 15. The summed E-state index contributed by atoms with van der Waals surface area (Å²) in [7, 11) is 0. The van der Waals surface area contributed by atoms with Crippen molar-refractivity contribution in [3.05, 3.63) is 29.3 Å². The van der Waals surface area contributed by atoms with Crippen molar-refractivity contribution in [2.24, 2.45) is 0 Å². The third kappa shape index (κ3) is 23.0. The number of hydrogen-bond donors (Lipinski definition) is 2. The van der Waals surface area contributed by atoms with E-state index in [1.807, 2.05) is 0 Å². The van der Waals surface area contributed by atoms with Gasteiger partial charge < -0.3 is 47.9 Å². The van der Waals surface area contributed by atoms with E-state index in [2.05, 4.69) is 17.6 Å². The molecule has 0 saturated carbocycles. The lowest BCUT2D eigenvalue weighted by molar-refractivity contribution is -0.145. The number of nitrogens with zero attached hydrogens (tertiary/aromatic N) is 1. The third-order valence-electron chi connectivity index (χ3n) is 10.0. The number of esters is 1. The van der Waals surface area contributed by atoms with Crippen LogP contribution in [-0.2, 0) is 61.8 Å². The maximum absolute atomic E-state index is 13.2. The normalized spacial score (nSPS) is 14.9. The van der Waals surface area contributed by atoms with Crippen LogP contribution in [0.3, 0.4) is 0 Å². The smallest absolute Gasteiger partial charge is 0.305 e. The Morgan fingerprint density at radius 1 is 0.587 bits per heavy atom. The van der Waals surface area contributed by atoms with Crippen LogP contribution in [0.1, 0.15) is 118 Å². The van der Waals surface area contributed by atoms with Crippen LogP contribution in [0.2, 0.25) is 0 Å². The van der Waals surface area contributed by atoms with Gasteiger partial charge in [-0.3, -0.25) is 39.0 Å². The van der Waals surface area contributed by atoms with Gasteiger partial charge in [0.2, 0.25) is 17.7 Å². The zero-order chi connectivity index (χ0) is 45.2. The molecule has 1 aromatic rings. The van der Waals surface area contributed by atoms with Gasteiger partial charge in [-0.2, -0.15) is 0 Å². The monoisotopic (exact) mass is 893 g/mol. The average molecular weight is 894 g/mol. The van der Waals surface area contributed by atoms with Crippen molar-refractivity contribution < 1.29 is 71.4 Å². The van der Waals surface area contributed by atoms with Gasteiger partial charge in [-0.15, -0.1) is 0 Å². The van der Waals surface area contributed by atoms with Gasteiger partial charge in [0.25, 0.3) is 11.8 Å². The van der Waals surface area contributed by atoms with Gasteiger partial charge in [-0.05, 0) is 37.8 Å². The molecular weight excluding hydrogens is 823 g/mol. The number of anilines is 1. The van der Waals surface area contributed by atoms with Crippen LogP contribution >= 0.6 is 0 Å². The van der Waals surface area contributed by atoms with E-state index in [9.17, 15) is 28.8 Å². The number of unbranched alkanes of at least 4 members (excludes halogenated alkanes) is 8. The van der Waals surface area contributed by atoms with Crippen LogP contribution < -0.4 is 10.6 Å². The van der Waals surface area contributed by atoms with Crippen molar-refractivity contribution in [1.82, 2.24) is 10.2 Å². The van der Waals surface area contributed by atoms with Crippen molar-refractivity contribution >= 4 is 41.2 Å². The number of fused-ring (bicyclic) bond motifs is 1. The van der Waals surface area contributed by atoms with Crippen LogP contribution in [-0.4, -0.2) is 159 Å². The first kappa shape index (κ1) is 53.5. The SMILES string of the molecule is CCCCCCCCCC(=O)OCCOCCOCCOCCOCCOCCOCCOCCOCCCCCC(=O)Nc1cccc2c1C(=O)N(C1CCC(=O)NC1=O)C2=O. The van der Waals surface area contributed by atoms with Crippen molar-refractivity contribution in [1.29, 1.82) is 0 Å². The Morgan fingerprint density at radius 2 is 1.06 bits per heavy atom. The highest BCUT2D eigenvalue weighted by molar-refractivity contribution is 6.26. The second kappa shape index (κ2) is 34.5. The number of ether oxygens (including phenoxy) is 9. The Labute approximate surface area is 372 Å². The zero-order valence-corrected chi connectivity index (χ0v) is 37.3. The molecule has 1 aromatic carbocycles. The highest BCUT2D eigenvalue weighted by Crippen LogP contribution is 2.32. The van der Waals surface area contributed by atoms with Gasteiger partial charge in [0, 0.05) is 25.9 Å². The molecule has 2 heterocycles. The summed E-state index contributed by atoms with van der Waals surface area (Å²) in [4.78, 5) is 75.3. The van der Waals surface area contributed by atoms with E-state index in [0.717, 1.165) is 30.6 Å². The Morgan fingerprint density at radius 3 is 1.60 bits per heavy atom. The number of piperidine rings is 1. The van der Waals surface area contributed by atoms with E-state index >= 15 is 0 Å². The number of rotatable bonds is 40. The number of carbonyl (C=O) groups is 6. The lowest BCUT2D eigenvalue weighted by Crippen LogP contribution is -2.54. The van der Waals surface area contributed by atoms with E-state index in [-0.39, 0.29) is 54.6 Å². The molecular formula is C45H71N3O15. The minimum atomic E-state index is -1.08. The summed E-state index contributed by atoms with van der Waals surface area (Å²) < 4.78 is 49.2. The van der Waals surface area contributed by atoms with E-state index in [0.29, 0.717) is 119 Å². The molecule has 0 radical (unpaired) electrons. The van der Waals surface area contributed by atoms with Crippen molar-refractivity contribution in [3.63, 3.8) is 0 Å². The number of nitrogens with one attached hydrogen (secondary N) is 2. The van der Waals surface area contributed by atoms with Gasteiger partial charge in [0.1, 0.15) is 12.6 Å². The molecule has 356 valence electrons. The Hall–Kier alpha value is -3.88. The fourth-order valence-electron chi connectivity index (χ4n) is 6.65. The number of carbonyl (C=O) groups excluding carboxylic acids is 6. The second-order valence-corrected chi connectivity index (χ2v) is 15.0. The molecule has 0 aliphatic carbocycles. The van der Waals surface area contributed by atoms with E-state index < -0.39 is 29.7 Å². The lowest BCUT2D eigenvalue weighted by Gasteiger charge is -2.27. The van der Waals surface area contributed by atoms with E-state index in [1.54, 1.807) is 12.1 Å².